The molecule has 7 nitrogen and oxygen atoms in total. The van der Waals surface area contributed by atoms with Crippen LogP contribution in [0.5, 0.6) is 0 Å². The predicted octanol–water partition coefficient (Wildman–Crippen LogP) is 0.690. The molecule has 1 aromatic carbocycles. The molecule has 2 aromatic rings. The molecule has 0 fully saturated rings. The van der Waals surface area contributed by atoms with E-state index in [1.165, 1.54) is 24.8 Å². The van der Waals surface area contributed by atoms with Crippen molar-refractivity contribution in [3.8, 4) is 0 Å². The molecule has 0 saturated carbocycles. The third-order valence-electron chi connectivity index (χ3n) is 3.17. The average molecular weight is 307 g/mol. The largest absolute Gasteiger partial charge is 0.451 e. The Hall–Kier alpha value is -2.19. The maximum Gasteiger partial charge on any atom is 0.240 e. The van der Waals surface area contributed by atoms with Crippen LogP contribution in [-0.4, -0.2) is 25.9 Å². The zero-order chi connectivity index (χ0) is 14.9. The monoisotopic (exact) mass is 307 g/mol. The normalized spacial score (nSPS) is 14.0. The number of fused-ring (bicyclic) bond motifs is 1. The lowest BCUT2D eigenvalue weighted by Gasteiger charge is -2.07. The minimum absolute atomic E-state index is 0.126. The quantitative estimate of drug-likeness (QED) is 0.846. The van der Waals surface area contributed by atoms with E-state index in [1.54, 1.807) is 6.07 Å². The Bertz CT molecular complexity index is 769. The van der Waals surface area contributed by atoms with Gasteiger partial charge in [-0.2, -0.15) is 0 Å². The van der Waals surface area contributed by atoms with Crippen LogP contribution in [0.4, 0.5) is 5.69 Å². The van der Waals surface area contributed by atoms with Crippen molar-refractivity contribution in [3.63, 3.8) is 0 Å². The van der Waals surface area contributed by atoms with E-state index in [0.29, 0.717) is 23.4 Å². The summed E-state index contributed by atoms with van der Waals surface area (Å²) >= 11 is 0. The second-order valence-electron chi connectivity index (χ2n) is 4.67. The number of hydrogen-bond donors (Lipinski definition) is 2. The first-order valence-corrected chi connectivity index (χ1v) is 7.82. The van der Waals surface area contributed by atoms with Gasteiger partial charge in [0.05, 0.1) is 17.0 Å². The Kier molecular flexibility index (Phi) is 3.48. The number of carbonyl (C=O) groups is 1. The van der Waals surface area contributed by atoms with Crippen molar-refractivity contribution < 1.29 is 17.6 Å². The van der Waals surface area contributed by atoms with Gasteiger partial charge in [-0.3, -0.25) is 4.79 Å². The number of rotatable bonds is 5. The number of aromatic nitrogens is 1. The van der Waals surface area contributed by atoms with Crippen LogP contribution in [0.2, 0.25) is 0 Å². The smallest absolute Gasteiger partial charge is 0.240 e. The third-order valence-corrected chi connectivity index (χ3v) is 4.63. The van der Waals surface area contributed by atoms with Gasteiger partial charge in [0.2, 0.25) is 15.9 Å². The fraction of sp³-hybridized carbons (Fsp3) is 0.231. The van der Waals surface area contributed by atoms with Crippen molar-refractivity contribution in [1.29, 1.82) is 0 Å². The number of oxazole rings is 1. The first-order chi connectivity index (χ1) is 10.0. The van der Waals surface area contributed by atoms with E-state index >= 15 is 0 Å². The van der Waals surface area contributed by atoms with Gasteiger partial charge in [-0.15, -0.1) is 0 Å². The molecular formula is C13H13N3O4S. The molecular weight excluding hydrogens is 294 g/mol. The van der Waals surface area contributed by atoms with E-state index in [0.717, 1.165) is 0 Å². The van der Waals surface area contributed by atoms with Gasteiger partial charge >= 0.3 is 0 Å². The van der Waals surface area contributed by atoms with Crippen LogP contribution in [0.3, 0.4) is 0 Å². The summed E-state index contributed by atoms with van der Waals surface area (Å²) in [7, 11) is -3.60. The highest BCUT2D eigenvalue weighted by atomic mass is 32.2. The van der Waals surface area contributed by atoms with E-state index in [-0.39, 0.29) is 23.8 Å². The molecule has 110 valence electrons. The molecule has 2 N–H and O–H groups in total. The molecule has 0 atom stereocenters. The number of benzene rings is 1. The summed E-state index contributed by atoms with van der Waals surface area (Å²) < 4.78 is 31.7. The van der Waals surface area contributed by atoms with Gasteiger partial charge in [0, 0.05) is 18.7 Å². The van der Waals surface area contributed by atoms with Gasteiger partial charge in [0.15, 0.2) is 6.39 Å². The lowest BCUT2D eigenvalue weighted by molar-refractivity contribution is -0.115. The molecule has 1 aliphatic heterocycles. The highest BCUT2D eigenvalue weighted by Crippen LogP contribution is 2.25. The zero-order valence-corrected chi connectivity index (χ0v) is 11.8. The standard InChI is InChI=1S/C13H13N3O4S/c17-13-6-9-5-11(1-2-12(9)16-13)21(18,19)15-4-3-10-7-20-8-14-10/h1-2,5,7-8,15H,3-4,6H2,(H,16,17). The zero-order valence-electron chi connectivity index (χ0n) is 11.0. The van der Waals surface area contributed by atoms with Gasteiger partial charge in [-0.05, 0) is 23.8 Å². The molecule has 0 spiro atoms. The molecule has 1 amide bonds. The van der Waals surface area contributed by atoms with Crippen LogP contribution in [-0.2, 0) is 27.7 Å². The van der Waals surface area contributed by atoms with Crippen LogP contribution in [0.1, 0.15) is 11.3 Å². The number of nitrogens with one attached hydrogen (secondary N) is 2. The van der Waals surface area contributed by atoms with Gasteiger partial charge in [-0.25, -0.2) is 18.1 Å². The van der Waals surface area contributed by atoms with Gasteiger partial charge in [-0.1, -0.05) is 0 Å². The fourth-order valence-corrected chi connectivity index (χ4v) is 3.21. The van der Waals surface area contributed by atoms with Gasteiger partial charge in [0.25, 0.3) is 0 Å². The van der Waals surface area contributed by atoms with Gasteiger partial charge in [0.1, 0.15) is 6.26 Å². The van der Waals surface area contributed by atoms with E-state index in [4.69, 9.17) is 4.42 Å². The summed E-state index contributed by atoms with van der Waals surface area (Å²) in [5.74, 6) is -0.126. The lowest BCUT2D eigenvalue weighted by atomic mass is 10.2. The maximum absolute atomic E-state index is 12.2. The fourth-order valence-electron chi connectivity index (χ4n) is 2.13. The van der Waals surface area contributed by atoms with E-state index in [9.17, 15) is 13.2 Å². The predicted molar refractivity (Wildman–Crippen MR) is 74.2 cm³/mol. The maximum atomic E-state index is 12.2. The highest BCUT2D eigenvalue weighted by molar-refractivity contribution is 7.89. The third kappa shape index (κ3) is 2.96. The molecule has 0 unspecified atom stereocenters. The Morgan fingerprint density at radius 2 is 2.24 bits per heavy atom. The van der Waals surface area contributed by atoms with Crippen molar-refractivity contribution >= 4 is 21.6 Å². The first-order valence-electron chi connectivity index (χ1n) is 6.34. The molecule has 3 rings (SSSR count). The second kappa shape index (κ2) is 5.30. The number of carbonyl (C=O) groups excluding carboxylic acids is 1. The van der Waals surface area contributed by atoms with Crippen LogP contribution in [0, 0.1) is 0 Å². The van der Waals surface area contributed by atoms with Crippen molar-refractivity contribution in [2.75, 3.05) is 11.9 Å². The summed E-state index contributed by atoms with van der Waals surface area (Å²) in [5, 5.41) is 2.66. The van der Waals surface area contributed by atoms with Crippen molar-refractivity contribution in [2.24, 2.45) is 0 Å². The van der Waals surface area contributed by atoms with Crippen molar-refractivity contribution in [3.05, 3.63) is 42.1 Å². The molecule has 1 aliphatic rings. The highest BCUT2D eigenvalue weighted by Gasteiger charge is 2.21. The van der Waals surface area contributed by atoms with Crippen molar-refractivity contribution in [1.82, 2.24) is 9.71 Å². The number of anilines is 1. The van der Waals surface area contributed by atoms with Crippen LogP contribution < -0.4 is 10.0 Å². The summed E-state index contributed by atoms with van der Waals surface area (Å²) in [6, 6.07) is 4.60. The molecule has 1 aromatic heterocycles. The topological polar surface area (TPSA) is 101 Å². The lowest BCUT2D eigenvalue weighted by Crippen LogP contribution is -2.26. The Labute approximate surface area is 121 Å². The average Bonchev–Trinajstić information content (AvgIpc) is 3.05. The minimum atomic E-state index is -3.60. The Morgan fingerprint density at radius 1 is 1.38 bits per heavy atom. The molecule has 21 heavy (non-hydrogen) atoms. The molecule has 0 aliphatic carbocycles. The minimum Gasteiger partial charge on any atom is -0.451 e. The summed E-state index contributed by atoms with van der Waals surface area (Å²) in [5.41, 5.74) is 2.04. The van der Waals surface area contributed by atoms with Crippen LogP contribution in [0.15, 0.2) is 40.2 Å². The molecule has 2 heterocycles. The Morgan fingerprint density at radius 3 is 3.00 bits per heavy atom. The second-order valence-corrected chi connectivity index (χ2v) is 6.44. The Balaban J connectivity index is 1.70. The number of amides is 1. The molecule has 0 radical (unpaired) electrons. The summed E-state index contributed by atoms with van der Waals surface area (Å²) in [4.78, 5) is 15.3. The van der Waals surface area contributed by atoms with Crippen molar-refractivity contribution in [2.45, 2.75) is 17.7 Å². The summed E-state index contributed by atoms with van der Waals surface area (Å²) in [6.45, 7) is 0.225. The number of nitrogens with zero attached hydrogens (tertiary/aromatic N) is 1. The SMILES string of the molecule is O=C1Cc2cc(S(=O)(=O)NCCc3cocn3)ccc2N1. The number of sulfonamides is 1. The first kappa shape index (κ1) is 13.8. The van der Waals surface area contributed by atoms with E-state index in [1.807, 2.05) is 0 Å². The van der Waals surface area contributed by atoms with E-state index < -0.39 is 10.0 Å². The molecule has 8 heteroatoms. The van der Waals surface area contributed by atoms with Crippen LogP contribution >= 0.6 is 0 Å². The molecule has 0 saturated heterocycles. The molecule has 0 bridgehead atoms. The number of hydrogen-bond acceptors (Lipinski definition) is 5. The van der Waals surface area contributed by atoms with Gasteiger partial charge < -0.3 is 9.73 Å². The van der Waals surface area contributed by atoms with Crippen LogP contribution in [0.25, 0.3) is 0 Å². The summed E-state index contributed by atoms with van der Waals surface area (Å²) in [6.07, 6.45) is 3.42. The van der Waals surface area contributed by atoms with E-state index in [2.05, 4.69) is 15.0 Å².